The third-order valence-electron chi connectivity index (χ3n) is 4.11. The lowest BCUT2D eigenvalue weighted by Gasteiger charge is -2.24. The van der Waals surface area contributed by atoms with Gasteiger partial charge in [0.25, 0.3) is 0 Å². The van der Waals surface area contributed by atoms with Gasteiger partial charge in [-0.3, -0.25) is 14.4 Å². The molecule has 120 valence electrons. The van der Waals surface area contributed by atoms with Gasteiger partial charge in [-0.15, -0.1) is 0 Å². The molecule has 1 aliphatic rings. The van der Waals surface area contributed by atoms with E-state index < -0.39 is 11.4 Å². The predicted molar refractivity (Wildman–Crippen MR) is 77.6 cm³/mol. The minimum absolute atomic E-state index is 0.0843. The molecule has 0 saturated heterocycles. The molecule has 5 heteroatoms. The van der Waals surface area contributed by atoms with Crippen LogP contribution < -0.4 is 0 Å². The molecule has 0 aliphatic heterocycles. The van der Waals surface area contributed by atoms with Crippen LogP contribution in [0.2, 0.25) is 0 Å². The second kappa shape index (κ2) is 8.15. The van der Waals surface area contributed by atoms with E-state index in [-0.39, 0.29) is 37.1 Å². The monoisotopic (exact) mass is 298 g/mol. The molecule has 2 atom stereocenters. The lowest BCUT2D eigenvalue weighted by atomic mass is 9.79. The second-order valence-electron chi connectivity index (χ2n) is 5.68. The first-order valence-electron chi connectivity index (χ1n) is 7.85. The highest BCUT2D eigenvalue weighted by atomic mass is 16.5. The van der Waals surface area contributed by atoms with E-state index in [4.69, 9.17) is 9.47 Å². The van der Waals surface area contributed by atoms with Gasteiger partial charge in [0.2, 0.25) is 0 Å². The molecule has 0 spiro atoms. The zero-order valence-corrected chi connectivity index (χ0v) is 13.3. The molecule has 0 aromatic carbocycles. The fourth-order valence-electron chi connectivity index (χ4n) is 2.73. The van der Waals surface area contributed by atoms with Crippen molar-refractivity contribution < 1.29 is 23.9 Å². The molecule has 1 saturated carbocycles. The van der Waals surface area contributed by atoms with Crippen molar-refractivity contribution in [3.8, 4) is 0 Å². The van der Waals surface area contributed by atoms with Crippen LogP contribution in [-0.4, -0.2) is 30.9 Å². The van der Waals surface area contributed by atoms with Crippen LogP contribution in [0, 0.1) is 11.3 Å². The number of rotatable bonds is 8. The van der Waals surface area contributed by atoms with Gasteiger partial charge in [-0.25, -0.2) is 0 Å². The summed E-state index contributed by atoms with van der Waals surface area (Å²) in [6.45, 7) is 6.19. The third kappa shape index (κ3) is 4.29. The van der Waals surface area contributed by atoms with Crippen LogP contribution in [0.3, 0.4) is 0 Å². The Morgan fingerprint density at radius 3 is 2.52 bits per heavy atom. The number of carbonyl (C=O) groups excluding carboxylic acids is 3. The quantitative estimate of drug-likeness (QED) is 0.391. The van der Waals surface area contributed by atoms with Crippen LogP contribution in [0.5, 0.6) is 0 Å². The minimum Gasteiger partial charge on any atom is -0.466 e. The molecule has 21 heavy (non-hydrogen) atoms. The molecule has 1 fully saturated rings. The fraction of sp³-hybridized carbons (Fsp3) is 0.812. The summed E-state index contributed by atoms with van der Waals surface area (Å²) in [5.74, 6) is -1.08. The number of carbonyl (C=O) groups is 3. The van der Waals surface area contributed by atoms with E-state index in [2.05, 4.69) is 0 Å². The number of ketones is 1. The lowest BCUT2D eigenvalue weighted by molar-refractivity contribution is -0.160. The maximum Gasteiger partial charge on any atom is 0.319 e. The van der Waals surface area contributed by atoms with Crippen LogP contribution in [-0.2, 0) is 23.9 Å². The summed E-state index contributed by atoms with van der Waals surface area (Å²) in [4.78, 5) is 36.3. The van der Waals surface area contributed by atoms with Crippen LogP contribution in [0.25, 0.3) is 0 Å². The summed E-state index contributed by atoms with van der Waals surface area (Å²) in [7, 11) is 0. The Hall–Kier alpha value is -1.39. The molecular formula is C16H26O5. The van der Waals surface area contributed by atoms with E-state index in [9.17, 15) is 14.4 Å². The van der Waals surface area contributed by atoms with E-state index in [1.165, 1.54) is 0 Å². The Morgan fingerprint density at radius 1 is 1.29 bits per heavy atom. The van der Waals surface area contributed by atoms with Gasteiger partial charge in [0.15, 0.2) is 5.78 Å². The highest BCUT2D eigenvalue weighted by Crippen LogP contribution is 2.43. The second-order valence-corrected chi connectivity index (χ2v) is 5.68. The number of Topliss-reactive ketones (excluding diaryl/α,β-unsaturated/α-hetero) is 1. The molecule has 1 rings (SSSR count). The number of hydrogen-bond donors (Lipinski definition) is 0. The molecule has 1 aliphatic carbocycles. The third-order valence-corrected chi connectivity index (χ3v) is 4.11. The van der Waals surface area contributed by atoms with Gasteiger partial charge >= 0.3 is 11.9 Å². The van der Waals surface area contributed by atoms with Crippen molar-refractivity contribution in [1.29, 1.82) is 0 Å². The molecular weight excluding hydrogens is 272 g/mol. The molecule has 5 nitrogen and oxygen atoms in total. The Balaban J connectivity index is 2.65. The minimum atomic E-state index is -1.14. The molecule has 0 aromatic heterocycles. The fourth-order valence-corrected chi connectivity index (χ4v) is 2.73. The van der Waals surface area contributed by atoms with Gasteiger partial charge in [-0.2, -0.15) is 0 Å². The topological polar surface area (TPSA) is 69.7 Å². The number of unbranched alkanes of at least 4 members (excludes halogenated alkanes) is 1. The maximum atomic E-state index is 12.4. The Kier molecular flexibility index (Phi) is 6.85. The van der Waals surface area contributed by atoms with Crippen molar-refractivity contribution in [1.82, 2.24) is 0 Å². The van der Waals surface area contributed by atoms with Gasteiger partial charge in [-0.05, 0) is 32.6 Å². The van der Waals surface area contributed by atoms with Crippen LogP contribution in [0.4, 0.5) is 0 Å². The van der Waals surface area contributed by atoms with Crippen molar-refractivity contribution in [2.75, 3.05) is 13.2 Å². The summed E-state index contributed by atoms with van der Waals surface area (Å²) < 4.78 is 10.2. The average molecular weight is 298 g/mol. The molecule has 0 bridgehead atoms. The highest BCUT2D eigenvalue weighted by molar-refractivity contribution is 6.06. The van der Waals surface area contributed by atoms with Crippen LogP contribution in [0.1, 0.15) is 59.3 Å². The van der Waals surface area contributed by atoms with E-state index in [0.717, 1.165) is 12.8 Å². The zero-order chi connectivity index (χ0) is 15.9. The van der Waals surface area contributed by atoms with Crippen LogP contribution in [0.15, 0.2) is 0 Å². The molecule has 0 heterocycles. The van der Waals surface area contributed by atoms with E-state index in [1.54, 1.807) is 6.92 Å². The van der Waals surface area contributed by atoms with Gasteiger partial charge in [0.05, 0.1) is 13.2 Å². The van der Waals surface area contributed by atoms with Crippen molar-refractivity contribution in [2.45, 2.75) is 59.3 Å². The smallest absolute Gasteiger partial charge is 0.319 e. The van der Waals surface area contributed by atoms with Gasteiger partial charge < -0.3 is 9.47 Å². The van der Waals surface area contributed by atoms with Crippen molar-refractivity contribution >= 4 is 17.7 Å². The first-order chi connectivity index (χ1) is 9.97. The van der Waals surface area contributed by atoms with Gasteiger partial charge in [0.1, 0.15) is 5.41 Å². The normalized spacial score (nSPS) is 24.9. The number of hydrogen-bond acceptors (Lipinski definition) is 5. The summed E-state index contributed by atoms with van der Waals surface area (Å²) in [6.07, 6.45) is 3.19. The van der Waals surface area contributed by atoms with Gasteiger partial charge in [-0.1, -0.05) is 20.3 Å². The van der Waals surface area contributed by atoms with Crippen molar-refractivity contribution in [3.63, 3.8) is 0 Å². The largest absolute Gasteiger partial charge is 0.466 e. The van der Waals surface area contributed by atoms with Crippen molar-refractivity contribution in [3.05, 3.63) is 0 Å². The van der Waals surface area contributed by atoms with E-state index in [1.807, 2.05) is 13.8 Å². The standard InChI is InChI=1S/C16H26O5/c1-4-6-11-21-13(17)8-10-16(15(19)20-5-2)9-7-12(3)14(16)18/h12H,4-11H2,1-3H3. The van der Waals surface area contributed by atoms with Crippen molar-refractivity contribution in [2.24, 2.45) is 11.3 Å². The highest BCUT2D eigenvalue weighted by Gasteiger charge is 2.52. The van der Waals surface area contributed by atoms with E-state index >= 15 is 0 Å². The SMILES string of the molecule is CCCCOC(=O)CCC1(C(=O)OCC)CCC(C)C1=O. The summed E-state index contributed by atoms with van der Waals surface area (Å²) in [5.41, 5.74) is -1.14. The first-order valence-corrected chi connectivity index (χ1v) is 7.85. The predicted octanol–water partition coefficient (Wildman–Crippen LogP) is 2.66. The Labute approximate surface area is 126 Å². The summed E-state index contributed by atoms with van der Waals surface area (Å²) >= 11 is 0. The lowest BCUT2D eigenvalue weighted by Crippen LogP contribution is -2.39. The molecule has 0 amide bonds. The van der Waals surface area contributed by atoms with Gasteiger partial charge in [0, 0.05) is 12.3 Å². The summed E-state index contributed by atoms with van der Waals surface area (Å²) in [5, 5.41) is 0. The maximum absolute atomic E-state index is 12.4. The molecule has 0 N–H and O–H groups in total. The number of ether oxygens (including phenoxy) is 2. The summed E-state index contributed by atoms with van der Waals surface area (Å²) in [6, 6.07) is 0. The van der Waals surface area contributed by atoms with E-state index in [0.29, 0.717) is 19.4 Å². The molecule has 2 unspecified atom stereocenters. The average Bonchev–Trinajstić information content (AvgIpc) is 2.75. The first kappa shape index (κ1) is 17.7. The Bertz CT molecular complexity index is 390. The van der Waals surface area contributed by atoms with Crippen LogP contribution >= 0.6 is 0 Å². The molecule has 0 aromatic rings. The Morgan fingerprint density at radius 2 is 2.00 bits per heavy atom. The zero-order valence-electron chi connectivity index (χ0n) is 13.3. The number of esters is 2. The molecule has 0 radical (unpaired) electrons.